The molecule has 0 spiro atoms. The molecule has 0 N–H and O–H groups in total. The van der Waals surface area contributed by atoms with Gasteiger partial charge in [-0.3, -0.25) is 9.69 Å². The number of likely N-dealkylation sites (N-methyl/N-ethyl adjacent to an activating group) is 1. The number of benzene rings is 1. The summed E-state index contributed by atoms with van der Waals surface area (Å²) in [5, 5.41) is 12.2. The van der Waals surface area contributed by atoms with Crippen LogP contribution in [0.15, 0.2) is 30.3 Å². The third-order valence-corrected chi connectivity index (χ3v) is 5.25. The summed E-state index contributed by atoms with van der Waals surface area (Å²) < 4.78 is 12.5. The Balaban J connectivity index is 1.63. The molecule has 1 atom stereocenters. The predicted molar refractivity (Wildman–Crippen MR) is 102 cm³/mol. The fourth-order valence-corrected chi connectivity index (χ4v) is 3.54. The van der Waals surface area contributed by atoms with Gasteiger partial charge in [-0.15, -0.1) is 5.10 Å². The van der Waals surface area contributed by atoms with E-state index in [4.69, 9.17) is 9.47 Å². The first-order valence-electron chi connectivity index (χ1n) is 9.39. The Bertz CT molecular complexity index is 766. The Morgan fingerprint density at radius 3 is 2.79 bits per heavy atom. The molecule has 1 saturated heterocycles. The first-order valence-corrected chi connectivity index (χ1v) is 9.39. The van der Waals surface area contributed by atoms with E-state index in [9.17, 15) is 4.79 Å². The van der Waals surface area contributed by atoms with Crippen molar-refractivity contribution in [2.45, 2.75) is 25.1 Å². The van der Waals surface area contributed by atoms with Gasteiger partial charge in [0.05, 0.1) is 19.8 Å². The number of nitrogens with zero attached hydrogens (tertiary/aromatic N) is 6. The highest BCUT2D eigenvalue weighted by molar-refractivity contribution is 5.78. The van der Waals surface area contributed by atoms with E-state index >= 15 is 0 Å². The van der Waals surface area contributed by atoms with Crippen LogP contribution < -0.4 is 0 Å². The van der Waals surface area contributed by atoms with E-state index in [1.165, 1.54) is 0 Å². The highest BCUT2D eigenvalue weighted by Gasteiger charge is 2.47. The highest BCUT2D eigenvalue weighted by atomic mass is 16.5. The molecule has 2 aromatic rings. The monoisotopic (exact) mass is 388 g/mol. The standard InChI is InChI=1S/C19H28N6O3/c1-23(2)19(18-20-21-22-25(18)11-12-27-3)9-10-24(15-19)17(26)14-28-13-16-7-5-4-6-8-16/h4-8H,9-15H2,1-3H3. The molecular weight excluding hydrogens is 360 g/mol. The SMILES string of the molecule is COCCn1nnnc1C1(N(C)C)CCN(C(=O)COCc2ccccc2)C1. The minimum Gasteiger partial charge on any atom is -0.383 e. The van der Waals surface area contributed by atoms with Gasteiger partial charge in [-0.25, -0.2) is 4.68 Å². The lowest BCUT2D eigenvalue weighted by Crippen LogP contribution is -2.47. The summed E-state index contributed by atoms with van der Waals surface area (Å²) in [6.45, 7) is 2.76. The van der Waals surface area contributed by atoms with Crippen LogP contribution in [0.5, 0.6) is 0 Å². The van der Waals surface area contributed by atoms with Crippen molar-refractivity contribution in [3.63, 3.8) is 0 Å². The number of aromatic nitrogens is 4. The van der Waals surface area contributed by atoms with Crippen molar-refractivity contribution in [3.05, 3.63) is 41.7 Å². The molecule has 1 amide bonds. The number of ether oxygens (including phenoxy) is 2. The lowest BCUT2D eigenvalue weighted by Gasteiger charge is -2.34. The number of hydrogen-bond acceptors (Lipinski definition) is 7. The maximum atomic E-state index is 12.7. The van der Waals surface area contributed by atoms with Gasteiger partial charge in [0.2, 0.25) is 5.91 Å². The highest BCUT2D eigenvalue weighted by Crippen LogP contribution is 2.35. The van der Waals surface area contributed by atoms with Crippen LogP contribution in [0.2, 0.25) is 0 Å². The molecule has 1 fully saturated rings. The summed E-state index contributed by atoms with van der Waals surface area (Å²) in [6, 6.07) is 9.84. The Morgan fingerprint density at radius 1 is 1.29 bits per heavy atom. The summed E-state index contributed by atoms with van der Waals surface area (Å²) in [6.07, 6.45) is 0.762. The first-order chi connectivity index (χ1) is 13.6. The van der Waals surface area contributed by atoms with Crippen molar-refractivity contribution in [3.8, 4) is 0 Å². The van der Waals surface area contributed by atoms with Gasteiger partial charge in [0, 0.05) is 20.2 Å². The van der Waals surface area contributed by atoms with Crippen LogP contribution in [0.4, 0.5) is 0 Å². The molecule has 2 heterocycles. The zero-order chi connectivity index (χ0) is 20.0. The van der Waals surface area contributed by atoms with E-state index < -0.39 is 5.54 Å². The fourth-order valence-electron chi connectivity index (χ4n) is 3.54. The van der Waals surface area contributed by atoms with Gasteiger partial charge in [0.15, 0.2) is 5.82 Å². The predicted octanol–water partition coefficient (Wildman–Crippen LogP) is 0.526. The van der Waals surface area contributed by atoms with Crippen LogP contribution in [-0.4, -0.2) is 83.4 Å². The van der Waals surface area contributed by atoms with Gasteiger partial charge in [-0.05, 0) is 36.5 Å². The molecule has 1 aromatic heterocycles. The fraction of sp³-hybridized carbons (Fsp3) is 0.579. The summed E-state index contributed by atoms with van der Waals surface area (Å²) >= 11 is 0. The molecule has 0 aliphatic carbocycles. The minimum atomic E-state index is -0.424. The van der Waals surface area contributed by atoms with E-state index in [2.05, 4.69) is 20.4 Å². The molecule has 9 nitrogen and oxygen atoms in total. The second-order valence-electron chi connectivity index (χ2n) is 7.19. The van der Waals surface area contributed by atoms with Gasteiger partial charge in [0.1, 0.15) is 12.1 Å². The van der Waals surface area contributed by atoms with E-state index in [1.807, 2.05) is 49.3 Å². The molecule has 1 aliphatic rings. The van der Waals surface area contributed by atoms with Crippen molar-refractivity contribution >= 4 is 5.91 Å². The summed E-state index contributed by atoms with van der Waals surface area (Å²) in [7, 11) is 5.64. The molecule has 28 heavy (non-hydrogen) atoms. The largest absolute Gasteiger partial charge is 0.383 e. The van der Waals surface area contributed by atoms with Crippen molar-refractivity contribution in [2.75, 3.05) is 47.5 Å². The molecule has 3 rings (SSSR count). The van der Waals surface area contributed by atoms with Crippen molar-refractivity contribution < 1.29 is 14.3 Å². The number of rotatable bonds is 9. The van der Waals surface area contributed by atoms with Crippen molar-refractivity contribution in [1.29, 1.82) is 0 Å². The first kappa shape index (κ1) is 20.4. The maximum absolute atomic E-state index is 12.7. The number of amides is 1. The van der Waals surface area contributed by atoms with Gasteiger partial charge in [0.25, 0.3) is 0 Å². The average molecular weight is 388 g/mol. The average Bonchev–Trinajstić information content (AvgIpc) is 3.35. The van der Waals surface area contributed by atoms with E-state index in [-0.39, 0.29) is 12.5 Å². The topological polar surface area (TPSA) is 85.6 Å². The van der Waals surface area contributed by atoms with Gasteiger partial charge >= 0.3 is 0 Å². The molecule has 1 aliphatic heterocycles. The number of hydrogen-bond donors (Lipinski definition) is 0. The molecule has 0 saturated carbocycles. The minimum absolute atomic E-state index is 0.0180. The third kappa shape index (κ3) is 4.37. The van der Waals surface area contributed by atoms with Crippen LogP contribution in [0, 0.1) is 0 Å². The quantitative estimate of drug-likeness (QED) is 0.619. The number of carbonyl (C=O) groups excluding carboxylic acids is 1. The summed E-state index contributed by atoms with van der Waals surface area (Å²) in [5.41, 5.74) is 0.628. The Kier molecular flexibility index (Phi) is 6.71. The smallest absolute Gasteiger partial charge is 0.248 e. The number of carbonyl (C=O) groups is 1. The Labute approximate surface area is 165 Å². The molecule has 1 aromatic carbocycles. The maximum Gasteiger partial charge on any atom is 0.248 e. The zero-order valence-corrected chi connectivity index (χ0v) is 16.7. The Morgan fingerprint density at radius 2 is 2.07 bits per heavy atom. The number of likely N-dealkylation sites (tertiary alicyclic amines) is 1. The van der Waals surface area contributed by atoms with Gasteiger partial charge in [-0.1, -0.05) is 30.3 Å². The van der Waals surface area contributed by atoms with Gasteiger partial charge in [-0.2, -0.15) is 0 Å². The molecule has 0 radical (unpaired) electrons. The van der Waals surface area contributed by atoms with E-state index in [0.29, 0.717) is 32.8 Å². The lowest BCUT2D eigenvalue weighted by atomic mass is 9.96. The van der Waals surface area contributed by atoms with E-state index in [0.717, 1.165) is 17.8 Å². The van der Waals surface area contributed by atoms with E-state index in [1.54, 1.807) is 11.8 Å². The number of tetrazole rings is 1. The molecule has 1 unspecified atom stereocenters. The van der Waals surface area contributed by atoms with Crippen LogP contribution in [0.1, 0.15) is 17.8 Å². The molecule has 9 heteroatoms. The lowest BCUT2D eigenvalue weighted by molar-refractivity contribution is -0.136. The van der Waals surface area contributed by atoms with Crippen molar-refractivity contribution in [2.24, 2.45) is 0 Å². The van der Waals surface area contributed by atoms with Crippen LogP contribution in [0.25, 0.3) is 0 Å². The molecular formula is C19H28N6O3. The van der Waals surface area contributed by atoms with Crippen LogP contribution >= 0.6 is 0 Å². The normalized spacial score (nSPS) is 19.5. The third-order valence-electron chi connectivity index (χ3n) is 5.25. The van der Waals surface area contributed by atoms with Crippen LogP contribution in [-0.2, 0) is 33.0 Å². The molecule has 152 valence electrons. The Hall–Kier alpha value is -2.36. The second kappa shape index (κ2) is 9.22. The summed E-state index contributed by atoms with van der Waals surface area (Å²) in [5.74, 6) is 0.741. The van der Waals surface area contributed by atoms with Crippen molar-refractivity contribution in [1.82, 2.24) is 30.0 Å². The van der Waals surface area contributed by atoms with Gasteiger partial charge < -0.3 is 14.4 Å². The molecule has 0 bridgehead atoms. The summed E-state index contributed by atoms with van der Waals surface area (Å²) in [4.78, 5) is 16.6. The number of methoxy groups -OCH3 is 1. The zero-order valence-electron chi connectivity index (χ0n) is 16.7. The second-order valence-corrected chi connectivity index (χ2v) is 7.19. The van der Waals surface area contributed by atoms with Crippen LogP contribution in [0.3, 0.4) is 0 Å².